The summed E-state index contributed by atoms with van der Waals surface area (Å²) >= 11 is 0. The van der Waals surface area contributed by atoms with Crippen LogP contribution in [0.5, 0.6) is 0 Å². The van der Waals surface area contributed by atoms with E-state index in [4.69, 9.17) is 0 Å². The minimum absolute atomic E-state index is 0.175. The molecule has 1 aromatic rings. The first-order valence-electron chi connectivity index (χ1n) is 7.56. The van der Waals surface area contributed by atoms with Gasteiger partial charge in [-0.3, -0.25) is 14.6 Å². The molecule has 2 amide bonds. The highest BCUT2D eigenvalue weighted by molar-refractivity contribution is 6.43. The van der Waals surface area contributed by atoms with Crippen LogP contribution in [0.1, 0.15) is 28.9 Å². The van der Waals surface area contributed by atoms with E-state index in [0.717, 1.165) is 12.1 Å². The molecule has 2 heterocycles. The molecule has 124 valence electrons. The molecule has 0 aromatic carbocycles. The fourth-order valence-corrected chi connectivity index (χ4v) is 2.67. The number of carbonyl (C=O) groups is 2. The summed E-state index contributed by atoms with van der Waals surface area (Å²) in [4.78, 5) is 29.8. The van der Waals surface area contributed by atoms with Gasteiger partial charge in [0.15, 0.2) is 0 Å². The zero-order valence-corrected chi connectivity index (χ0v) is 13.0. The highest BCUT2D eigenvalue weighted by Gasteiger charge is 2.36. The lowest BCUT2D eigenvalue weighted by Gasteiger charge is -2.24. The summed E-state index contributed by atoms with van der Waals surface area (Å²) in [6.45, 7) is 0.841. The molecule has 1 aromatic heterocycles. The Balaban J connectivity index is 1.91. The van der Waals surface area contributed by atoms with Gasteiger partial charge < -0.3 is 25.6 Å². The van der Waals surface area contributed by atoms with Crippen LogP contribution in [0.15, 0.2) is 18.3 Å². The van der Waals surface area contributed by atoms with Gasteiger partial charge in [-0.25, -0.2) is 0 Å². The van der Waals surface area contributed by atoms with Crippen LogP contribution in [0.3, 0.4) is 0 Å². The normalized spacial score (nSPS) is 17.2. The van der Waals surface area contributed by atoms with Crippen molar-refractivity contribution in [3.63, 3.8) is 0 Å². The van der Waals surface area contributed by atoms with E-state index in [9.17, 15) is 19.6 Å². The Hall–Kier alpha value is -1.97. The van der Waals surface area contributed by atoms with Gasteiger partial charge in [-0.2, -0.15) is 0 Å². The molecule has 8 nitrogen and oxygen atoms in total. The maximum Gasteiger partial charge on any atom is 0.475 e. The molecule has 1 aliphatic rings. The summed E-state index contributed by atoms with van der Waals surface area (Å²) in [5.41, 5.74) is 1.16. The first-order chi connectivity index (χ1) is 11.0. The van der Waals surface area contributed by atoms with Gasteiger partial charge in [-0.15, -0.1) is 0 Å². The predicted molar refractivity (Wildman–Crippen MR) is 84.3 cm³/mol. The number of pyridine rings is 1. The third-order valence-electron chi connectivity index (χ3n) is 3.80. The number of nitrogens with one attached hydrogen (secondary N) is 2. The minimum Gasteiger partial charge on any atom is -0.426 e. The zero-order valence-electron chi connectivity index (χ0n) is 13.0. The number of carbonyl (C=O) groups excluding carboxylic acids is 2. The fraction of sp³-hybridized carbons (Fsp3) is 0.500. The fourth-order valence-electron chi connectivity index (χ4n) is 2.67. The SMILES string of the molecule is CNCc1cc(C(=O)NCC(=O)N2CCCC2B(O)O)ccn1. The number of aromatic nitrogens is 1. The van der Waals surface area contributed by atoms with Crippen molar-refractivity contribution in [1.82, 2.24) is 20.5 Å². The van der Waals surface area contributed by atoms with Crippen LogP contribution in [0.25, 0.3) is 0 Å². The summed E-state index contributed by atoms with van der Waals surface area (Å²) in [6, 6.07) is 3.24. The molecule has 0 bridgehead atoms. The zero-order chi connectivity index (χ0) is 16.8. The lowest BCUT2D eigenvalue weighted by molar-refractivity contribution is -0.130. The van der Waals surface area contributed by atoms with Gasteiger partial charge >= 0.3 is 7.12 Å². The van der Waals surface area contributed by atoms with E-state index in [0.29, 0.717) is 25.1 Å². The van der Waals surface area contributed by atoms with Crippen LogP contribution >= 0.6 is 0 Å². The molecule has 4 N–H and O–H groups in total. The van der Waals surface area contributed by atoms with E-state index < -0.39 is 13.1 Å². The summed E-state index contributed by atoms with van der Waals surface area (Å²) in [5, 5.41) is 24.1. The van der Waals surface area contributed by atoms with Crippen molar-refractivity contribution < 1.29 is 19.6 Å². The van der Waals surface area contributed by atoms with E-state index in [-0.39, 0.29) is 18.4 Å². The molecule has 1 aliphatic heterocycles. The van der Waals surface area contributed by atoms with Crippen molar-refractivity contribution in [2.75, 3.05) is 20.1 Å². The second kappa shape index (κ2) is 8.05. The quantitative estimate of drug-likeness (QED) is 0.476. The van der Waals surface area contributed by atoms with Crippen LogP contribution in [-0.4, -0.2) is 64.9 Å². The lowest BCUT2D eigenvalue weighted by Crippen LogP contribution is -2.48. The molecule has 0 saturated carbocycles. The first-order valence-corrected chi connectivity index (χ1v) is 7.56. The van der Waals surface area contributed by atoms with E-state index in [1.807, 2.05) is 0 Å². The van der Waals surface area contributed by atoms with Crippen molar-refractivity contribution in [2.24, 2.45) is 0 Å². The largest absolute Gasteiger partial charge is 0.475 e. The number of rotatable bonds is 6. The number of hydrogen-bond donors (Lipinski definition) is 4. The Labute approximate surface area is 135 Å². The molecule has 1 fully saturated rings. The van der Waals surface area contributed by atoms with Crippen molar-refractivity contribution in [1.29, 1.82) is 0 Å². The van der Waals surface area contributed by atoms with E-state index >= 15 is 0 Å². The highest BCUT2D eigenvalue weighted by Crippen LogP contribution is 2.17. The number of hydrogen-bond acceptors (Lipinski definition) is 6. The average molecular weight is 320 g/mol. The van der Waals surface area contributed by atoms with Gasteiger partial charge in [0, 0.05) is 24.8 Å². The summed E-state index contributed by atoms with van der Waals surface area (Å²) in [7, 11) is 0.233. The van der Waals surface area contributed by atoms with Crippen molar-refractivity contribution in [3.05, 3.63) is 29.6 Å². The molecule has 2 rings (SSSR count). The van der Waals surface area contributed by atoms with Gasteiger partial charge in [0.2, 0.25) is 5.91 Å². The van der Waals surface area contributed by atoms with Crippen LogP contribution < -0.4 is 10.6 Å². The Morgan fingerprint density at radius 2 is 2.26 bits per heavy atom. The van der Waals surface area contributed by atoms with Crippen LogP contribution in [0, 0.1) is 0 Å². The predicted octanol–water partition coefficient (Wildman–Crippen LogP) is -1.47. The van der Waals surface area contributed by atoms with E-state index in [2.05, 4.69) is 15.6 Å². The summed E-state index contributed by atoms with van der Waals surface area (Å²) in [5.74, 6) is -1.28. The third-order valence-corrected chi connectivity index (χ3v) is 3.80. The minimum atomic E-state index is -1.55. The highest BCUT2D eigenvalue weighted by atomic mass is 16.4. The Morgan fingerprint density at radius 3 is 2.96 bits per heavy atom. The standard InChI is InChI=1S/C14H21BN4O4/c1-16-8-11-7-10(4-5-17-11)14(21)18-9-13(20)19-6-2-3-12(19)15(22)23/h4-5,7,12,16,22-23H,2-3,6,8-9H2,1H3,(H,18,21). The topological polar surface area (TPSA) is 115 Å². The van der Waals surface area contributed by atoms with Crippen LogP contribution in [0.2, 0.25) is 0 Å². The summed E-state index contributed by atoms with van der Waals surface area (Å²) in [6.07, 6.45) is 2.82. The molecule has 23 heavy (non-hydrogen) atoms. The van der Waals surface area contributed by atoms with Crippen molar-refractivity contribution >= 4 is 18.9 Å². The third kappa shape index (κ3) is 4.50. The van der Waals surface area contributed by atoms with Gasteiger partial charge in [-0.1, -0.05) is 0 Å². The Kier molecular flexibility index (Phi) is 6.08. The van der Waals surface area contributed by atoms with Gasteiger partial charge in [0.25, 0.3) is 5.91 Å². The molecule has 9 heteroatoms. The van der Waals surface area contributed by atoms with Crippen LogP contribution in [-0.2, 0) is 11.3 Å². The number of amides is 2. The first kappa shape index (κ1) is 17.4. The maximum atomic E-state index is 12.1. The second-order valence-corrected chi connectivity index (χ2v) is 5.46. The van der Waals surface area contributed by atoms with Crippen LogP contribution in [0.4, 0.5) is 0 Å². The monoisotopic (exact) mass is 320 g/mol. The maximum absolute atomic E-state index is 12.1. The molecule has 0 spiro atoms. The van der Waals surface area contributed by atoms with E-state index in [1.165, 1.54) is 4.90 Å². The molecule has 0 radical (unpaired) electrons. The molecular weight excluding hydrogens is 299 g/mol. The smallest absolute Gasteiger partial charge is 0.426 e. The molecule has 0 aliphatic carbocycles. The van der Waals surface area contributed by atoms with Crippen molar-refractivity contribution in [2.45, 2.75) is 25.3 Å². The van der Waals surface area contributed by atoms with Gasteiger partial charge in [-0.05, 0) is 32.0 Å². The van der Waals surface area contributed by atoms with E-state index in [1.54, 1.807) is 25.4 Å². The molecule has 1 atom stereocenters. The Bertz CT molecular complexity index is 569. The van der Waals surface area contributed by atoms with Gasteiger partial charge in [0.05, 0.1) is 18.2 Å². The number of likely N-dealkylation sites (tertiary alicyclic amines) is 1. The summed E-state index contributed by atoms with van der Waals surface area (Å²) < 4.78 is 0. The average Bonchev–Trinajstić information content (AvgIpc) is 3.03. The Morgan fingerprint density at radius 1 is 1.48 bits per heavy atom. The molecule has 1 unspecified atom stereocenters. The molecule has 1 saturated heterocycles. The van der Waals surface area contributed by atoms with Crippen molar-refractivity contribution in [3.8, 4) is 0 Å². The van der Waals surface area contributed by atoms with Gasteiger partial charge in [0.1, 0.15) is 0 Å². The second-order valence-electron chi connectivity index (χ2n) is 5.46. The molecular formula is C14H21BN4O4. The lowest BCUT2D eigenvalue weighted by atomic mass is 9.78. The number of nitrogens with zero attached hydrogens (tertiary/aromatic N) is 2.